The highest BCUT2D eigenvalue weighted by molar-refractivity contribution is 6.00. The normalized spacial score (nSPS) is 16.7. The van der Waals surface area contributed by atoms with Crippen LogP contribution in [0.1, 0.15) is 48.6 Å². The third kappa shape index (κ3) is 2.82. The summed E-state index contributed by atoms with van der Waals surface area (Å²) in [5, 5.41) is 13.2. The number of fused-ring (bicyclic) bond motifs is 1. The highest BCUT2D eigenvalue weighted by Crippen LogP contribution is 2.47. The Labute approximate surface area is 178 Å². The standard InChI is InChI=1S/C21H23N9O/c1-3-30-21-15(19(22)25-9-26-21)16(28-30)17-14(18(31-29-17)11-4-5-11)20-24-8-13(10(2)27-20)12-6-23-7-12/h8-9,11-12,23H,3-7H2,1-2H3,(H2,22,25,26). The predicted molar refractivity (Wildman–Crippen MR) is 114 cm³/mol. The molecule has 10 heteroatoms. The average Bonchev–Trinajstić information content (AvgIpc) is 3.36. The zero-order valence-corrected chi connectivity index (χ0v) is 17.5. The van der Waals surface area contributed by atoms with Crippen LogP contribution in [0, 0.1) is 6.92 Å². The molecule has 4 aromatic rings. The molecule has 1 aliphatic heterocycles. The highest BCUT2D eigenvalue weighted by Gasteiger charge is 2.36. The van der Waals surface area contributed by atoms with Gasteiger partial charge in [0, 0.05) is 43.4 Å². The molecule has 5 heterocycles. The van der Waals surface area contributed by atoms with Gasteiger partial charge in [0.1, 0.15) is 23.5 Å². The van der Waals surface area contributed by atoms with Crippen LogP contribution in [0.2, 0.25) is 0 Å². The van der Waals surface area contributed by atoms with Crippen molar-refractivity contribution in [1.82, 2.24) is 40.2 Å². The maximum atomic E-state index is 6.23. The first-order valence-corrected chi connectivity index (χ1v) is 10.7. The van der Waals surface area contributed by atoms with Crippen molar-refractivity contribution < 1.29 is 4.52 Å². The van der Waals surface area contributed by atoms with Crippen molar-refractivity contribution >= 4 is 16.9 Å². The molecule has 6 rings (SSSR count). The minimum atomic E-state index is 0.337. The summed E-state index contributed by atoms with van der Waals surface area (Å²) in [5.41, 5.74) is 11.1. The van der Waals surface area contributed by atoms with Crippen LogP contribution in [0.5, 0.6) is 0 Å². The Morgan fingerprint density at radius 3 is 2.68 bits per heavy atom. The molecule has 0 amide bonds. The van der Waals surface area contributed by atoms with Crippen molar-refractivity contribution in [2.75, 3.05) is 18.8 Å². The van der Waals surface area contributed by atoms with E-state index in [-0.39, 0.29) is 0 Å². The first-order valence-electron chi connectivity index (χ1n) is 10.7. The second-order valence-electron chi connectivity index (χ2n) is 8.26. The smallest absolute Gasteiger partial charge is 0.165 e. The molecular formula is C21H23N9O. The van der Waals surface area contributed by atoms with Crippen LogP contribution in [-0.2, 0) is 6.54 Å². The molecule has 3 N–H and O–H groups in total. The zero-order chi connectivity index (χ0) is 21.1. The maximum absolute atomic E-state index is 6.23. The summed E-state index contributed by atoms with van der Waals surface area (Å²) in [6, 6.07) is 0. The Kier molecular flexibility index (Phi) is 4.04. The summed E-state index contributed by atoms with van der Waals surface area (Å²) in [5.74, 6) is 2.61. The average molecular weight is 417 g/mol. The molecule has 0 aromatic carbocycles. The van der Waals surface area contributed by atoms with Gasteiger partial charge >= 0.3 is 0 Å². The number of aromatic nitrogens is 7. The van der Waals surface area contributed by atoms with Crippen LogP contribution >= 0.6 is 0 Å². The Balaban J connectivity index is 1.56. The van der Waals surface area contributed by atoms with E-state index in [4.69, 9.17) is 25.3 Å². The number of nitrogens with two attached hydrogens (primary N) is 1. The van der Waals surface area contributed by atoms with E-state index in [9.17, 15) is 0 Å². The van der Waals surface area contributed by atoms with E-state index in [2.05, 4.69) is 20.4 Å². The SMILES string of the molecule is CCn1nc(-c2noc(C3CC3)c2-c2ncc(C3CNC3)c(C)n2)c2c(N)ncnc21. The van der Waals surface area contributed by atoms with Crippen LogP contribution in [0.4, 0.5) is 5.82 Å². The largest absolute Gasteiger partial charge is 0.383 e. The summed E-state index contributed by atoms with van der Waals surface area (Å²) in [7, 11) is 0. The van der Waals surface area contributed by atoms with Crippen molar-refractivity contribution in [2.45, 2.75) is 45.1 Å². The summed E-state index contributed by atoms with van der Waals surface area (Å²) >= 11 is 0. The van der Waals surface area contributed by atoms with Crippen molar-refractivity contribution in [3.63, 3.8) is 0 Å². The van der Waals surface area contributed by atoms with Gasteiger partial charge in [0.2, 0.25) is 0 Å². The molecule has 0 spiro atoms. The van der Waals surface area contributed by atoms with E-state index in [1.807, 2.05) is 20.0 Å². The van der Waals surface area contributed by atoms with E-state index < -0.39 is 0 Å². The van der Waals surface area contributed by atoms with Crippen LogP contribution in [0.25, 0.3) is 33.8 Å². The quantitative estimate of drug-likeness (QED) is 0.502. The molecule has 10 nitrogen and oxygen atoms in total. The van der Waals surface area contributed by atoms with Gasteiger partial charge in [-0.05, 0) is 32.3 Å². The lowest BCUT2D eigenvalue weighted by molar-refractivity contribution is 0.386. The molecule has 1 saturated carbocycles. The second-order valence-corrected chi connectivity index (χ2v) is 8.26. The number of nitrogens with zero attached hydrogens (tertiary/aromatic N) is 7. The van der Waals surface area contributed by atoms with Crippen LogP contribution in [-0.4, -0.2) is 48.0 Å². The van der Waals surface area contributed by atoms with Crippen LogP contribution < -0.4 is 11.1 Å². The first-order chi connectivity index (χ1) is 15.2. The minimum Gasteiger partial charge on any atom is -0.383 e. The molecule has 158 valence electrons. The fourth-order valence-corrected chi connectivity index (χ4v) is 4.23. The summed E-state index contributed by atoms with van der Waals surface area (Å²) < 4.78 is 7.64. The third-order valence-electron chi connectivity index (χ3n) is 6.21. The van der Waals surface area contributed by atoms with Crippen molar-refractivity contribution in [3.8, 4) is 22.8 Å². The summed E-state index contributed by atoms with van der Waals surface area (Å²) in [6.07, 6.45) is 5.54. The fourth-order valence-electron chi connectivity index (χ4n) is 4.23. The molecule has 2 fully saturated rings. The van der Waals surface area contributed by atoms with Gasteiger partial charge in [0.05, 0.1) is 10.9 Å². The lowest BCUT2D eigenvalue weighted by atomic mass is 9.94. The van der Waals surface area contributed by atoms with Crippen molar-refractivity contribution in [1.29, 1.82) is 0 Å². The van der Waals surface area contributed by atoms with Gasteiger partial charge in [-0.3, -0.25) is 0 Å². The van der Waals surface area contributed by atoms with Crippen LogP contribution in [0.15, 0.2) is 17.0 Å². The third-order valence-corrected chi connectivity index (χ3v) is 6.21. The Morgan fingerprint density at radius 2 is 2.00 bits per heavy atom. The van der Waals surface area contributed by atoms with Gasteiger partial charge in [-0.15, -0.1) is 0 Å². The van der Waals surface area contributed by atoms with E-state index in [0.29, 0.717) is 52.4 Å². The molecule has 31 heavy (non-hydrogen) atoms. The number of nitrogen functional groups attached to an aromatic ring is 1. The highest BCUT2D eigenvalue weighted by atomic mass is 16.5. The van der Waals surface area contributed by atoms with E-state index in [1.165, 1.54) is 11.9 Å². The topological polar surface area (TPSA) is 133 Å². The maximum Gasteiger partial charge on any atom is 0.165 e. The van der Waals surface area contributed by atoms with Gasteiger partial charge in [-0.1, -0.05) is 5.16 Å². The number of anilines is 1. The summed E-state index contributed by atoms with van der Waals surface area (Å²) in [4.78, 5) is 18.2. The van der Waals surface area contributed by atoms with E-state index in [0.717, 1.165) is 42.9 Å². The molecule has 0 atom stereocenters. The van der Waals surface area contributed by atoms with Gasteiger partial charge in [0.25, 0.3) is 0 Å². The lowest BCUT2D eigenvalue weighted by Gasteiger charge is -2.28. The lowest BCUT2D eigenvalue weighted by Crippen LogP contribution is -2.40. The second kappa shape index (κ2) is 6.81. The zero-order valence-electron chi connectivity index (χ0n) is 17.5. The molecular weight excluding hydrogens is 394 g/mol. The number of hydrogen-bond acceptors (Lipinski definition) is 9. The number of rotatable bonds is 5. The molecule has 2 aliphatic rings. The molecule has 4 aromatic heterocycles. The predicted octanol–water partition coefficient (Wildman–Crippen LogP) is 2.41. The number of nitrogens with one attached hydrogen (secondary N) is 1. The number of hydrogen-bond donors (Lipinski definition) is 2. The molecule has 0 radical (unpaired) electrons. The van der Waals surface area contributed by atoms with Gasteiger partial charge < -0.3 is 15.6 Å². The van der Waals surface area contributed by atoms with Crippen molar-refractivity contribution in [2.24, 2.45) is 0 Å². The van der Waals surface area contributed by atoms with Gasteiger partial charge in [0.15, 0.2) is 17.2 Å². The summed E-state index contributed by atoms with van der Waals surface area (Å²) in [6.45, 7) is 6.63. The van der Waals surface area contributed by atoms with E-state index >= 15 is 0 Å². The molecule has 1 saturated heterocycles. The first kappa shape index (κ1) is 18.4. The molecule has 0 unspecified atom stereocenters. The van der Waals surface area contributed by atoms with Crippen molar-refractivity contribution in [3.05, 3.63) is 29.5 Å². The Bertz CT molecular complexity index is 1300. The van der Waals surface area contributed by atoms with E-state index in [1.54, 1.807) is 4.68 Å². The van der Waals surface area contributed by atoms with Gasteiger partial charge in [-0.2, -0.15) is 5.10 Å². The molecule has 0 bridgehead atoms. The Morgan fingerprint density at radius 1 is 1.16 bits per heavy atom. The minimum absolute atomic E-state index is 0.337. The Hall–Kier alpha value is -3.40. The monoisotopic (exact) mass is 417 g/mol. The van der Waals surface area contributed by atoms with Crippen LogP contribution in [0.3, 0.4) is 0 Å². The number of aryl methyl sites for hydroxylation is 2. The fraction of sp³-hybridized carbons (Fsp3) is 0.429. The molecule has 1 aliphatic carbocycles. The van der Waals surface area contributed by atoms with Gasteiger partial charge in [-0.25, -0.2) is 24.6 Å².